The summed E-state index contributed by atoms with van der Waals surface area (Å²) in [5, 5.41) is 11.6. The van der Waals surface area contributed by atoms with E-state index >= 15 is 0 Å². The smallest absolute Gasteiger partial charge is 0.227 e. The van der Waals surface area contributed by atoms with Gasteiger partial charge in [-0.25, -0.2) is 4.98 Å². The Morgan fingerprint density at radius 1 is 1.00 bits per heavy atom. The third-order valence-corrected chi connectivity index (χ3v) is 6.78. The molecule has 0 atom stereocenters. The van der Waals surface area contributed by atoms with E-state index in [1.165, 1.54) is 25.9 Å². The van der Waals surface area contributed by atoms with E-state index in [1.54, 1.807) is 7.11 Å². The van der Waals surface area contributed by atoms with Crippen LogP contribution in [0.1, 0.15) is 25.0 Å². The summed E-state index contributed by atoms with van der Waals surface area (Å²) >= 11 is 0. The Morgan fingerprint density at radius 3 is 2.51 bits per heavy atom. The summed E-state index contributed by atoms with van der Waals surface area (Å²) in [7, 11) is 3.81. The van der Waals surface area contributed by atoms with Gasteiger partial charge >= 0.3 is 0 Å². The number of nitrogens with one attached hydrogen (secondary N) is 2. The Morgan fingerprint density at radius 2 is 1.80 bits per heavy atom. The van der Waals surface area contributed by atoms with Crippen LogP contribution in [0.25, 0.3) is 10.9 Å². The van der Waals surface area contributed by atoms with Gasteiger partial charge in [-0.3, -0.25) is 5.10 Å². The quantitative estimate of drug-likeness (QED) is 0.448. The Kier molecular flexibility index (Phi) is 7.19. The predicted octanol–water partition coefficient (Wildman–Crippen LogP) is 3.03. The van der Waals surface area contributed by atoms with Gasteiger partial charge < -0.3 is 29.5 Å². The highest BCUT2D eigenvalue weighted by atomic mass is 16.5. The molecule has 1 aromatic carbocycles. The molecule has 3 aromatic rings. The Balaban J connectivity index is 1.43. The Hall–Kier alpha value is -3.11. The van der Waals surface area contributed by atoms with Crippen LogP contribution in [0.15, 0.2) is 18.2 Å². The van der Waals surface area contributed by atoms with Crippen molar-refractivity contribution in [1.82, 2.24) is 30.0 Å². The van der Waals surface area contributed by atoms with Crippen molar-refractivity contribution in [3.05, 3.63) is 23.9 Å². The van der Waals surface area contributed by atoms with Crippen molar-refractivity contribution in [1.29, 1.82) is 0 Å². The highest BCUT2D eigenvalue weighted by Gasteiger charge is 2.21. The largest absolute Gasteiger partial charge is 0.493 e. The molecule has 2 saturated heterocycles. The van der Waals surface area contributed by atoms with E-state index in [1.807, 2.05) is 25.1 Å². The van der Waals surface area contributed by atoms with E-state index in [2.05, 4.69) is 37.3 Å². The van der Waals surface area contributed by atoms with Gasteiger partial charge in [-0.05, 0) is 52.4 Å². The molecule has 0 bridgehead atoms. The number of anilines is 3. The highest BCUT2D eigenvalue weighted by molar-refractivity contribution is 5.94. The number of likely N-dealkylation sites (N-methyl/N-ethyl adjacent to an activating group) is 1. The first kappa shape index (κ1) is 23.6. The zero-order valence-electron chi connectivity index (χ0n) is 21.0. The molecule has 2 aliphatic rings. The van der Waals surface area contributed by atoms with E-state index in [0.717, 1.165) is 55.7 Å². The first-order valence-corrected chi connectivity index (χ1v) is 12.6. The second-order valence-corrected chi connectivity index (χ2v) is 9.49. The summed E-state index contributed by atoms with van der Waals surface area (Å²) in [6.45, 7) is 9.84. The van der Waals surface area contributed by atoms with Crippen LogP contribution in [-0.2, 0) is 0 Å². The molecule has 4 heterocycles. The van der Waals surface area contributed by atoms with Crippen LogP contribution in [0.5, 0.6) is 11.5 Å². The number of aromatic nitrogens is 4. The zero-order chi connectivity index (χ0) is 24.2. The lowest BCUT2D eigenvalue weighted by molar-refractivity contribution is 0.254. The van der Waals surface area contributed by atoms with Crippen molar-refractivity contribution in [2.45, 2.75) is 26.2 Å². The van der Waals surface area contributed by atoms with E-state index in [4.69, 9.17) is 19.4 Å². The van der Waals surface area contributed by atoms with Crippen LogP contribution in [0, 0.1) is 6.92 Å². The molecule has 0 unspecified atom stereocenters. The zero-order valence-corrected chi connectivity index (χ0v) is 21.0. The average Bonchev–Trinajstić information content (AvgIpc) is 3.53. The third-order valence-electron chi connectivity index (χ3n) is 6.78. The Bertz CT molecular complexity index is 1140. The van der Waals surface area contributed by atoms with Crippen molar-refractivity contribution in [2.75, 3.05) is 76.8 Å². The summed E-state index contributed by atoms with van der Waals surface area (Å²) < 4.78 is 11.9. The maximum atomic E-state index is 6.19. The SMILES string of the molecule is COc1cc2c(Nc3cc(C)[nH]n3)nc(N3CCN(C)CC3)nc2cc1OCCCN1CCCC1. The van der Waals surface area contributed by atoms with Gasteiger partial charge in [0.1, 0.15) is 5.82 Å². The maximum Gasteiger partial charge on any atom is 0.227 e. The molecule has 5 rings (SSSR count). The minimum Gasteiger partial charge on any atom is -0.493 e. The molecule has 10 heteroatoms. The normalized spacial score (nSPS) is 17.3. The maximum absolute atomic E-state index is 6.19. The fourth-order valence-electron chi connectivity index (χ4n) is 4.72. The van der Waals surface area contributed by atoms with Crippen molar-refractivity contribution in [3.63, 3.8) is 0 Å². The summed E-state index contributed by atoms with van der Waals surface area (Å²) in [6, 6.07) is 5.89. The van der Waals surface area contributed by atoms with Crippen LogP contribution in [0.3, 0.4) is 0 Å². The molecule has 0 aliphatic carbocycles. The third kappa shape index (κ3) is 5.59. The molecule has 0 amide bonds. The lowest BCUT2D eigenvalue weighted by Crippen LogP contribution is -2.45. The Labute approximate surface area is 206 Å². The number of nitrogens with zero attached hydrogens (tertiary/aromatic N) is 6. The van der Waals surface area contributed by atoms with Gasteiger partial charge in [-0.1, -0.05) is 0 Å². The number of hydrogen-bond donors (Lipinski definition) is 2. The number of piperazine rings is 1. The number of rotatable bonds is 9. The topological polar surface area (TPSA) is 94.7 Å². The van der Waals surface area contributed by atoms with Crippen LogP contribution in [0.4, 0.5) is 17.6 Å². The number of aromatic amines is 1. The molecule has 2 aromatic heterocycles. The minimum absolute atomic E-state index is 0.645. The molecular weight excluding hydrogens is 444 g/mol. The number of methoxy groups -OCH3 is 1. The number of aryl methyl sites for hydroxylation is 1. The second-order valence-electron chi connectivity index (χ2n) is 9.49. The highest BCUT2D eigenvalue weighted by Crippen LogP contribution is 2.36. The molecule has 2 N–H and O–H groups in total. The summed E-state index contributed by atoms with van der Waals surface area (Å²) in [4.78, 5) is 16.9. The van der Waals surface area contributed by atoms with E-state index in [9.17, 15) is 0 Å². The molecule has 10 nitrogen and oxygen atoms in total. The summed E-state index contributed by atoms with van der Waals surface area (Å²) in [5.74, 6) is 3.52. The fraction of sp³-hybridized carbons (Fsp3) is 0.560. The standard InChI is InChI=1S/C25H36N8O2/c1-18-15-23(30-29-18)27-24-19-16-21(34-3)22(35-14-6-9-32-7-4-5-8-32)17-20(19)26-25(28-24)33-12-10-31(2)11-13-33/h15-17H,4-14H2,1-3H3,(H2,26,27,28,29,30). The molecule has 0 radical (unpaired) electrons. The van der Waals surface area contributed by atoms with Crippen LogP contribution in [0.2, 0.25) is 0 Å². The van der Waals surface area contributed by atoms with Gasteiger partial charge in [0, 0.05) is 55.9 Å². The molecule has 35 heavy (non-hydrogen) atoms. The summed E-state index contributed by atoms with van der Waals surface area (Å²) in [6.07, 6.45) is 3.61. The van der Waals surface area contributed by atoms with Gasteiger partial charge in [-0.15, -0.1) is 0 Å². The molecule has 0 spiro atoms. The molecular formula is C25H36N8O2. The molecule has 188 valence electrons. The molecule has 0 saturated carbocycles. The van der Waals surface area contributed by atoms with E-state index in [0.29, 0.717) is 35.7 Å². The first-order chi connectivity index (χ1) is 17.1. The number of hydrogen-bond acceptors (Lipinski definition) is 9. The molecule has 2 aliphatic heterocycles. The lowest BCUT2D eigenvalue weighted by atomic mass is 10.2. The van der Waals surface area contributed by atoms with Crippen LogP contribution >= 0.6 is 0 Å². The average molecular weight is 481 g/mol. The van der Waals surface area contributed by atoms with Crippen LogP contribution in [-0.4, -0.2) is 96.5 Å². The van der Waals surface area contributed by atoms with Gasteiger partial charge in [-0.2, -0.15) is 10.1 Å². The number of ether oxygens (including phenoxy) is 2. The summed E-state index contributed by atoms with van der Waals surface area (Å²) in [5.41, 5.74) is 1.80. The number of benzene rings is 1. The monoisotopic (exact) mass is 480 g/mol. The predicted molar refractivity (Wildman–Crippen MR) is 138 cm³/mol. The van der Waals surface area contributed by atoms with Gasteiger partial charge in [0.2, 0.25) is 5.95 Å². The van der Waals surface area contributed by atoms with Crippen molar-refractivity contribution < 1.29 is 9.47 Å². The first-order valence-electron chi connectivity index (χ1n) is 12.6. The number of fused-ring (bicyclic) bond motifs is 1. The number of H-pyrrole nitrogens is 1. The minimum atomic E-state index is 0.645. The van der Waals surface area contributed by atoms with Crippen molar-refractivity contribution in [3.8, 4) is 11.5 Å². The van der Waals surface area contributed by atoms with Crippen LogP contribution < -0.4 is 19.7 Å². The fourth-order valence-corrected chi connectivity index (χ4v) is 4.72. The van der Waals surface area contributed by atoms with E-state index in [-0.39, 0.29) is 0 Å². The van der Waals surface area contributed by atoms with Crippen molar-refractivity contribution >= 4 is 28.5 Å². The molecule has 2 fully saturated rings. The van der Waals surface area contributed by atoms with Crippen molar-refractivity contribution in [2.24, 2.45) is 0 Å². The van der Waals surface area contributed by atoms with Gasteiger partial charge in [0.25, 0.3) is 0 Å². The second kappa shape index (κ2) is 10.7. The van der Waals surface area contributed by atoms with Gasteiger partial charge in [0.15, 0.2) is 17.3 Å². The lowest BCUT2D eigenvalue weighted by Gasteiger charge is -2.32. The number of likely N-dealkylation sites (tertiary alicyclic amines) is 1. The van der Waals surface area contributed by atoms with E-state index < -0.39 is 0 Å². The van der Waals surface area contributed by atoms with Gasteiger partial charge in [0.05, 0.1) is 19.2 Å².